The number of hydrogen-bond acceptors (Lipinski definition) is 6. The Hall–Kier alpha value is -2.55. The van der Waals surface area contributed by atoms with E-state index in [0.29, 0.717) is 31.9 Å². The molecule has 3 aliphatic heterocycles. The van der Waals surface area contributed by atoms with Gasteiger partial charge in [-0.1, -0.05) is 12.1 Å². The highest BCUT2D eigenvalue weighted by Gasteiger charge is 2.37. The van der Waals surface area contributed by atoms with Crippen molar-refractivity contribution >= 4 is 11.8 Å². The number of pyridine rings is 1. The molecule has 2 saturated heterocycles. The Balaban J connectivity index is 1.12. The molecule has 212 valence electrons. The molecule has 0 amide bonds. The summed E-state index contributed by atoms with van der Waals surface area (Å²) in [5, 5.41) is 13.8. The average molecular weight is 540 g/mol. The molecular formula is C31H42FN3O4. The van der Waals surface area contributed by atoms with Gasteiger partial charge >= 0.3 is 5.97 Å². The summed E-state index contributed by atoms with van der Waals surface area (Å²) < 4.78 is 26.4. The van der Waals surface area contributed by atoms with Crippen molar-refractivity contribution in [3.63, 3.8) is 0 Å². The minimum atomic E-state index is -0.964. The van der Waals surface area contributed by atoms with Crippen LogP contribution in [0.3, 0.4) is 0 Å². The van der Waals surface area contributed by atoms with Gasteiger partial charge in [0, 0.05) is 37.5 Å². The van der Waals surface area contributed by atoms with Crippen molar-refractivity contribution in [2.45, 2.75) is 95.4 Å². The quantitative estimate of drug-likeness (QED) is 0.367. The minimum absolute atomic E-state index is 0.0249. The van der Waals surface area contributed by atoms with Crippen LogP contribution >= 0.6 is 0 Å². The van der Waals surface area contributed by atoms with Crippen LogP contribution in [0.15, 0.2) is 30.3 Å². The van der Waals surface area contributed by atoms with E-state index in [1.807, 2.05) is 4.90 Å². The average Bonchev–Trinajstić information content (AvgIpc) is 3.36. The highest BCUT2D eigenvalue weighted by Crippen LogP contribution is 2.37. The number of carbonyl (C=O) groups is 1. The first kappa shape index (κ1) is 28.0. The molecule has 5 rings (SSSR count). The lowest BCUT2D eigenvalue weighted by Crippen LogP contribution is -2.35. The first-order valence-corrected chi connectivity index (χ1v) is 14.6. The maximum Gasteiger partial charge on any atom is 0.325 e. The van der Waals surface area contributed by atoms with Crippen LogP contribution in [0.4, 0.5) is 10.2 Å². The van der Waals surface area contributed by atoms with Crippen LogP contribution in [0.1, 0.15) is 93.3 Å². The van der Waals surface area contributed by atoms with E-state index in [-0.39, 0.29) is 17.7 Å². The summed E-state index contributed by atoms with van der Waals surface area (Å²) in [5.41, 5.74) is 3.78. The molecule has 8 heteroatoms. The second kappa shape index (κ2) is 12.3. The number of likely N-dealkylation sites (tertiary alicyclic amines) is 1. The number of halogens is 1. The minimum Gasteiger partial charge on any atom is -0.480 e. The topological polar surface area (TPSA) is 83.9 Å². The summed E-state index contributed by atoms with van der Waals surface area (Å²) in [5.74, 6) is -0.361. The Morgan fingerprint density at radius 1 is 1.26 bits per heavy atom. The molecule has 0 aliphatic carbocycles. The summed E-state index contributed by atoms with van der Waals surface area (Å²) in [7, 11) is 0. The van der Waals surface area contributed by atoms with Crippen molar-refractivity contribution < 1.29 is 23.8 Å². The van der Waals surface area contributed by atoms with Gasteiger partial charge in [0.15, 0.2) is 0 Å². The van der Waals surface area contributed by atoms with E-state index in [0.717, 1.165) is 74.9 Å². The fourth-order valence-corrected chi connectivity index (χ4v) is 6.14. The maximum atomic E-state index is 14.3. The number of aromatic nitrogens is 1. The van der Waals surface area contributed by atoms with Gasteiger partial charge in [-0.15, -0.1) is 0 Å². The normalized spacial score (nSPS) is 23.7. The Labute approximate surface area is 231 Å². The number of nitrogens with one attached hydrogen (secondary N) is 1. The van der Waals surface area contributed by atoms with Crippen molar-refractivity contribution in [1.82, 2.24) is 9.88 Å². The molecular weight excluding hydrogens is 497 g/mol. The number of rotatable bonds is 10. The number of anilines is 1. The number of benzene rings is 1. The SMILES string of the molecule is CC1(C)CCc2ccc(CCCCO[C@@H]3CCN(C(C(=O)O)c4cc(F)ccc4[C@@H]4CCCCO4)C3)nc2N1. The molecule has 1 aromatic heterocycles. The third kappa shape index (κ3) is 6.97. The number of hydrogen-bond donors (Lipinski definition) is 2. The fraction of sp³-hybridized carbons (Fsp3) is 0.613. The molecule has 2 aromatic rings. The van der Waals surface area contributed by atoms with Crippen LogP contribution in [-0.2, 0) is 27.1 Å². The van der Waals surface area contributed by atoms with Gasteiger partial charge in [0.2, 0.25) is 0 Å². The molecule has 7 nitrogen and oxygen atoms in total. The summed E-state index contributed by atoms with van der Waals surface area (Å²) in [6.07, 6.45) is 8.39. The van der Waals surface area contributed by atoms with Gasteiger partial charge in [-0.25, -0.2) is 9.37 Å². The van der Waals surface area contributed by atoms with Gasteiger partial charge in [-0.2, -0.15) is 0 Å². The zero-order valence-electron chi connectivity index (χ0n) is 23.3. The van der Waals surface area contributed by atoms with Gasteiger partial charge in [0.25, 0.3) is 0 Å². The molecule has 4 heterocycles. The number of carboxylic acid groups (broad SMARTS) is 1. The van der Waals surface area contributed by atoms with Gasteiger partial charge in [-0.05, 0) is 107 Å². The van der Waals surface area contributed by atoms with Crippen molar-refractivity contribution in [1.29, 1.82) is 0 Å². The van der Waals surface area contributed by atoms with Gasteiger partial charge in [-0.3, -0.25) is 9.69 Å². The molecule has 0 spiro atoms. The monoisotopic (exact) mass is 539 g/mol. The van der Waals surface area contributed by atoms with Crippen LogP contribution < -0.4 is 5.32 Å². The summed E-state index contributed by atoms with van der Waals surface area (Å²) in [6.45, 7) is 6.83. The van der Waals surface area contributed by atoms with Crippen molar-refractivity contribution in [3.05, 3.63) is 58.5 Å². The zero-order valence-corrected chi connectivity index (χ0v) is 23.3. The molecule has 0 radical (unpaired) electrons. The van der Waals surface area contributed by atoms with Crippen molar-refractivity contribution in [2.24, 2.45) is 0 Å². The molecule has 2 fully saturated rings. The second-order valence-corrected chi connectivity index (χ2v) is 11.9. The molecule has 0 saturated carbocycles. The van der Waals surface area contributed by atoms with E-state index in [1.54, 1.807) is 6.07 Å². The van der Waals surface area contributed by atoms with E-state index >= 15 is 0 Å². The van der Waals surface area contributed by atoms with Crippen LogP contribution in [-0.4, -0.2) is 58.9 Å². The molecule has 1 unspecified atom stereocenters. The number of ether oxygens (including phenoxy) is 2. The first-order chi connectivity index (χ1) is 18.8. The van der Waals surface area contributed by atoms with Crippen LogP contribution in [0.25, 0.3) is 0 Å². The van der Waals surface area contributed by atoms with E-state index in [4.69, 9.17) is 14.5 Å². The van der Waals surface area contributed by atoms with Crippen LogP contribution in [0.2, 0.25) is 0 Å². The van der Waals surface area contributed by atoms with Crippen LogP contribution in [0.5, 0.6) is 0 Å². The summed E-state index contributed by atoms with van der Waals surface area (Å²) >= 11 is 0. The lowest BCUT2D eigenvalue weighted by atomic mass is 9.91. The van der Waals surface area contributed by atoms with Crippen molar-refractivity contribution in [3.8, 4) is 0 Å². The third-order valence-electron chi connectivity index (χ3n) is 8.34. The number of fused-ring (bicyclic) bond motifs is 1. The van der Waals surface area contributed by atoms with Crippen molar-refractivity contribution in [2.75, 3.05) is 31.6 Å². The number of unbranched alkanes of at least 4 members (excludes halogenated alkanes) is 1. The lowest BCUT2D eigenvalue weighted by Gasteiger charge is -2.33. The smallest absolute Gasteiger partial charge is 0.325 e. The largest absolute Gasteiger partial charge is 0.480 e. The molecule has 1 aromatic carbocycles. The Kier molecular flexibility index (Phi) is 8.84. The van der Waals surface area contributed by atoms with E-state index in [1.165, 1.54) is 17.7 Å². The Morgan fingerprint density at radius 2 is 2.13 bits per heavy atom. The van der Waals surface area contributed by atoms with Crippen LogP contribution in [0, 0.1) is 5.82 Å². The molecule has 3 aliphatic rings. The predicted molar refractivity (Wildman–Crippen MR) is 148 cm³/mol. The summed E-state index contributed by atoms with van der Waals surface area (Å²) in [6, 6.07) is 7.92. The zero-order chi connectivity index (χ0) is 27.4. The highest BCUT2D eigenvalue weighted by molar-refractivity contribution is 5.76. The molecule has 39 heavy (non-hydrogen) atoms. The number of aliphatic carboxylic acids is 1. The van der Waals surface area contributed by atoms with Gasteiger partial charge in [0.05, 0.1) is 12.2 Å². The number of nitrogens with zero attached hydrogens (tertiary/aromatic N) is 2. The first-order valence-electron chi connectivity index (χ1n) is 14.6. The van der Waals surface area contributed by atoms with Gasteiger partial charge in [0.1, 0.15) is 17.7 Å². The number of carboxylic acids is 1. The molecule has 3 atom stereocenters. The standard InChI is InChI=1S/C31H42FN3O4/c1-31(2)15-13-21-9-11-23(33-29(21)34-31)7-3-5-17-38-24-14-16-35(20-24)28(30(36)37)26-19-22(32)10-12-25(26)27-8-4-6-18-39-27/h9-12,19,24,27-28H,3-8,13-18,20H2,1-2H3,(H,33,34)(H,36,37)/t24-,27+,28?/m1/s1. The highest BCUT2D eigenvalue weighted by atomic mass is 19.1. The third-order valence-corrected chi connectivity index (χ3v) is 8.34. The lowest BCUT2D eigenvalue weighted by molar-refractivity contribution is -0.143. The Morgan fingerprint density at radius 3 is 2.92 bits per heavy atom. The second-order valence-electron chi connectivity index (χ2n) is 11.9. The molecule has 2 N–H and O–H groups in total. The fourth-order valence-electron chi connectivity index (χ4n) is 6.14. The summed E-state index contributed by atoms with van der Waals surface area (Å²) in [4.78, 5) is 19.2. The van der Waals surface area contributed by atoms with E-state index in [2.05, 4.69) is 31.3 Å². The van der Waals surface area contributed by atoms with E-state index in [9.17, 15) is 14.3 Å². The maximum absolute atomic E-state index is 14.3. The van der Waals surface area contributed by atoms with E-state index < -0.39 is 17.8 Å². The molecule has 0 bridgehead atoms. The Bertz CT molecular complexity index is 1150. The number of aryl methyl sites for hydroxylation is 2. The predicted octanol–water partition coefficient (Wildman–Crippen LogP) is 5.84. The van der Waals surface area contributed by atoms with Gasteiger partial charge < -0.3 is 19.9 Å².